The predicted octanol–water partition coefficient (Wildman–Crippen LogP) is 1.42. The number of rotatable bonds is 5. The van der Waals surface area contributed by atoms with E-state index < -0.39 is 20.8 Å². The van der Waals surface area contributed by atoms with E-state index in [1.807, 2.05) is 36.4 Å². The first-order valence-corrected chi connectivity index (χ1v) is 7.65. The molecular weight excluding hydrogens is 296 g/mol. The van der Waals surface area contributed by atoms with Gasteiger partial charge in [-0.2, -0.15) is 16.8 Å². The van der Waals surface area contributed by atoms with Gasteiger partial charge in [-0.05, 0) is 12.5 Å². The highest BCUT2D eigenvalue weighted by molar-refractivity contribution is 7.94. The largest absolute Gasteiger partial charge is 0.416 e. The quantitative estimate of drug-likeness (QED) is 0.819. The van der Waals surface area contributed by atoms with Gasteiger partial charge in [0.2, 0.25) is 0 Å². The van der Waals surface area contributed by atoms with E-state index >= 15 is 0 Å². The first-order chi connectivity index (χ1) is 8.70. The van der Waals surface area contributed by atoms with Crippen molar-refractivity contribution in [3.8, 4) is 0 Å². The van der Waals surface area contributed by atoms with Gasteiger partial charge in [-0.25, -0.2) is 4.18 Å². The Morgan fingerprint density at radius 3 is 2.05 bits per heavy atom. The Labute approximate surface area is 112 Å². The molecule has 9 heteroatoms. The second-order valence-electron chi connectivity index (χ2n) is 2.93. The van der Waals surface area contributed by atoms with E-state index in [1.165, 1.54) is 12.5 Å². The molecule has 0 unspecified atom stereocenters. The van der Waals surface area contributed by atoms with Gasteiger partial charge in [-0.1, -0.05) is 43.0 Å². The highest BCUT2D eigenvalue weighted by Gasteiger charge is 2.20. The van der Waals surface area contributed by atoms with E-state index in [0.29, 0.717) is 0 Å². The van der Waals surface area contributed by atoms with Crippen LogP contribution >= 0.6 is 0 Å². The Balaban J connectivity index is 0.000000356. The minimum Gasteiger partial charge on any atom is -0.263 e. The van der Waals surface area contributed by atoms with Crippen molar-refractivity contribution in [1.29, 1.82) is 0 Å². The van der Waals surface area contributed by atoms with Crippen LogP contribution in [0.2, 0.25) is 0 Å². The van der Waals surface area contributed by atoms with Gasteiger partial charge in [-0.3, -0.25) is 4.55 Å². The zero-order valence-electron chi connectivity index (χ0n) is 10.1. The van der Waals surface area contributed by atoms with Crippen molar-refractivity contribution >= 4 is 26.9 Å². The molecule has 1 N–H and O–H groups in total. The zero-order chi connectivity index (χ0) is 14.9. The standard InChI is InChI=1S/C8H8.C2H6O7S2/c1-2-8-6-4-3-5-7-8;1-2-8-11(6,7)9-10(3,4)5/h2-7H,1H2;2H2,1H3,(H,3,4,5). The molecule has 0 aromatic heterocycles. The topological polar surface area (TPSA) is 107 Å². The van der Waals surface area contributed by atoms with Gasteiger partial charge in [-0.15, -0.1) is 3.63 Å². The van der Waals surface area contributed by atoms with Gasteiger partial charge in [0.05, 0.1) is 6.61 Å². The molecule has 0 spiro atoms. The van der Waals surface area contributed by atoms with Gasteiger partial charge in [0, 0.05) is 0 Å². The second-order valence-corrected chi connectivity index (χ2v) is 5.38. The van der Waals surface area contributed by atoms with Crippen LogP contribution in [0.15, 0.2) is 36.9 Å². The van der Waals surface area contributed by atoms with E-state index in [4.69, 9.17) is 4.55 Å². The maximum atomic E-state index is 10.3. The van der Waals surface area contributed by atoms with Gasteiger partial charge in [0.15, 0.2) is 0 Å². The third kappa shape index (κ3) is 10.4. The summed E-state index contributed by atoms with van der Waals surface area (Å²) in [6, 6.07) is 10.0. The Morgan fingerprint density at radius 2 is 1.74 bits per heavy atom. The van der Waals surface area contributed by atoms with Gasteiger partial charge >= 0.3 is 20.8 Å². The van der Waals surface area contributed by atoms with E-state index in [1.54, 1.807) is 0 Å². The summed E-state index contributed by atoms with van der Waals surface area (Å²) < 4.78 is 54.9. The normalized spacial score (nSPS) is 11.3. The van der Waals surface area contributed by atoms with Crippen LogP contribution in [0.1, 0.15) is 12.5 Å². The SMILES string of the molecule is C=Cc1ccccc1.CCOS(=O)(=O)OS(=O)(=O)O. The molecule has 0 saturated carbocycles. The molecule has 7 nitrogen and oxygen atoms in total. The van der Waals surface area contributed by atoms with Gasteiger partial charge in [0.1, 0.15) is 0 Å². The molecule has 0 aliphatic rings. The summed E-state index contributed by atoms with van der Waals surface area (Å²) >= 11 is 0. The van der Waals surface area contributed by atoms with Crippen LogP contribution in [-0.4, -0.2) is 28.0 Å². The average molecular weight is 310 g/mol. The summed E-state index contributed by atoms with van der Waals surface area (Å²) in [7, 11) is -9.64. The molecule has 1 aromatic carbocycles. The summed E-state index contributed by atoms with van der Waals surface area (Å²) in [6.45, 7) is 4.66. The lowest BCUT2D eigenvalue weighted by atomic mass is 10.2. The molecule has 0 amide bonds. The first-order valence-electron chi connectivity index (χ1n) is 4.95. The molecule has 0 aliphatic heterocycles. The number of hydrogen-bond acceptors (Lipinski definition) is 6. The third-order valence-corrected chi connectivity index (χ3v) is 3.35. The smallest absolute Gasteiger partial charge is 0.263 e. The van der Waals surface area contributed by atoms with Crippen molar-refractivity contribution in [2.24, 2.45) is 0 Å². The van der Waals surface area contributed by atoms with Crippen molar-refractivity contribution < 1.29 is 29.2 Å². The minimum absolute atomic E-state index is 0.280. The lowest BCUT2D eigenvalue weighted by molar-refractivity contribution is 0.277. The lowest BCUT2D eigenvalue weighted by Gasteiger charge is -1.98. The van der Waals surface area contributed by atoms with Crippen LogP contribution < -0.4 is 0 Å². The first kappa shape index (κ1) is 17.7. The van der Waals surface area contributed by atoms with Crippen LogP contribution in [0.5, 0.6) is 0 Å². The molecule has 0 saturated heterocycles. The predicted molar refractivity (Wildman–Crippen MR) is 69.7 cm³/mol. The third-order valence-electron chi connectivity index (χ3n) is 1.47. The molecule has 0 bridgehead atoms. The molecule has 108 valence electrons. The fourth-order valence-corrected chi connectivity index (χ4v) is 2.15. The Bertz CT molecular complexity index is 576. The van der Waals surface area contributed by atoms with E-state index in [0.717, 1.165) is 0 Å². The molecule has 1 rings (SSSR count). The molecule has 0 heterocycles. The highest BCUT2D eigenvalue weighted by Crippen LogP contribution is 1.99. The molecular formula is C10H14O7S2. The Kier molecular flexibility index (Phi) is 7.49. The zero-order valence-corrected chi connectivity index (χ0v) is 11.7. The van der Waals surface area contributed by atoms with Crippen molar-refractivity contribution in [3.05, 3.63) is 42.5 Å². The van der Waals surface area contributed by atoms with E-state index in [-0.39, 0.29) is 6.61 Å². The van der Waals surface area contributed by atoms with Crippen molar-refractivity contribution in [3.63, 3.8) is 0 Å². The van der Waals surface area contributed by atoms with E-state index in [2.05, 4.69) is 14.4 Å². The summed E-state index contributed by atoms with van der Waals surface area (Å²) in [4.78, 5) is 0. The van der Waals surface area contributed by atoms with Gasteiger partial charge < -0.3 is 0 Å². The van der Waals surface area contributed by atoms with Crippen LogP contribution in [0.4, 0.5) is 0 Å². The van der Waals surface area contributed by atoms with Crippen molar-refractivity contribution in [1.82, 2.24) is 0 Å². The fourth-order valence-electron chi connectivity index (χ4n) is 0.858. The molecule has 0 radical (unpaired) electrons. The van der Waals surface area contributed by atoms with E-state index in [9.17, 15) is 16.8 Å². The summed E-state index contributed by atoms with van der Waals surface area (Å²) in [5, 5.41) is 0. The summed E-state index contributed by atoms with van der Waals surface area (Å²) in [5.41, 5.74) is 1.17. The number of hydrogen-bond donors (Lipinski definition) is 1. The molecule has 19 heavy (non-hydrogen) atoms. The van der Waals surface area contributed by atoms with Gasteiger partial charge in [0.25, 0.3) is 0 Å². The summed E-state index contributed by atoms with van der Waals surface area (Å²) in [6.07, 6.45) is 1.83. The minimum atomic E-state index is -5.02. The summed E-state index contributed by atoms with van der Waals surface area (Å²) in [5.74, 6) is 0. The fraction of sp³-hybridized carbons (Fsp3) is 0.200. The maximum absolute atomic E-state index is 10.3. The van der Waals surface area contributed by atoms with Crippen LogP contribution in [0.25, 0.3) is 6.08 Å². The number of benzene rings is 1. The van der Waals surface area contributed by atoms with Crippen LogP contribution in [-0.2, 0) is 28.6 Å². The average Bonchev–Trinajstić information content (AvgIpc) is 2.27. The van der Waals surface area contributed by atoms with Crippen LogP contribution in [0, 0.1) is 0 Å². The molecule has 0 atom stereocenters. The highest BCUT2D eigenvalue weighted by atomic mass is 32.3. The Hall–Kier alpha value is -1.26. The molecule has 0 aliphatic carbocycles. The molecule has 0 fully saturated rings. The van der Waals surface area contributed by atoms with Crippen LogP contribution in [0.3, 0.4) is 0 Å². The van der Waals surface area contributed by atoms with Crippen molar-refractivity contribution in [2.45, 2.75) is 6.92 Å². The second kappa shape index (κ2) is 8.02. The Morgan fingerprint density at radius 1 is 1.21 bits per heavy atom. The lowest BCUT2D eigenvalue weighted by Crippen LogP contribution is -2.14. The monoisotopic (exact) mass is 310 g/mol. The molecule has 1 aromatic rings. The van der Waals surface area contributed by atoms with Crippen molar-refractivity contribution in [2.75, 3.05) is 6.61 Å². The maximum Gasteiger partial charge on any atom is 0.416 e.